The summed E-state index contributed by atoms with van der Waals surface area (Å²) in [6.45, 7) is 0.404. The van der Waals surface area contributed by atoms with E-state index in [1.54, 1.807) is 36.1 Å². The summed E-state index contributed by atoms with van der Waals surface area (Å²) < 4.78 is 42.9. The molecular weight excluding hydrogens is 457 g/mol. The largest absolute Gasteiger partial charge is 0.342 e. The molecule has 0 radical (unpaired) electrons. The lowest BCUT2D eigenvalue weighted by Crippen LogP contribution is -2.44. The average Bonchev–Trinajstić information content (AvgIpc) is 3.28. The number of sulfonamides is 1. The first kappa shape index (κ1) is 23.6. The fourth-order valence-corrected chi connectivity index (χ4v) is 5.58. The van der Waals surface area contributed by atoms with Gasteiger partial charge in [-0.25, -0.2) is 17.8 Å². The monoisotopic (exact) mass is 481 g/mol. The number of hydrogen-bond donors (Lipinski definition) is 1. The van der Waals surface area contributed by atoms with Gasteiger partial charge >= 0.3 is 0 Å². The molecule has 0 spiro atoms. The maximum atomic E-state index is 13.9. The summed E-state index contributed by atoms with van der Waals surface area (Å²) in [5.74, 6) is -0.455. The second-order valence-electron chi connectivity index (χ2n) is 8.21. The lowest BCUT2D eigenvalue weighted by atomic mass is 9.96. The topological polar surface area (TPSA) is 108 Å². The van der Waals surface area contributed by atoms with Crippen LogP contribution in [0.3, 0.4) is 0 Å². The molecule has 8 nitrogen and oxygen atoms in total. The Morgan fingerprint density at radius 1 is 1.21 bits per heavy atom. The highest BCUT2D eigenvalue weighted by Crippen LogP contribution is 2.27. The number of rotatable bonds is 6. The van der Waals surface area contributed by atoms with Crippen LogP contribution in [-0.4, -0.2) is 41.3 Å². The van der Waals surface area contributed by atoms with Gasteiger partial charge in [0, 0.05) is 38.4 Å². The number of carbonyl (C=O) groups excluding carboxylic acids is 1. The second kappa shape index (κ2) is 9.75. The summed E-state index contributed by atoms with van der Waals surface area (Å²) in [6, 6.07) is 13.1. The summed E-state index contributed by atoms with van der Waals surface area (Å²) in [4.78, 5) is 17.6. The standard InChI is InChI=1S/C24H24FN5O3S/c1-29-14-11-27-23(29)22(19-3-2-4-20(25)15-19)28-24(31)18-9-12-30(13-10-18)34(32,33)21-7-5-17(16-26)6-8-21/h2-8,11,14-15,18,22H,9-10,12-13H2,1H3,(H,28,31)/t22-/m0/s1. The fraction of sp³-hybridized carbons (Fsp3) is 0.292. The van der Waals surface area contributed by atoms with Crippen LogP contribution in [0.15, 0.2) is 65.8 Å². The van der Waals surface area contributed by atoms with Crippen molar-refractivity contribution in [3.8, 4) is 6.07 Å². The first-order valence-electron chi connectivity index (χ1n) is 10.8. The Bertz CT molecular complexity index is 1320. The molecule has 1 aliphatic heterocycles. The Hall–Kier alpha value is -3.55. The number of nitrogens with zero attached hydrogens (tertiary/aromatic N) is 4. The van der Waals surface area contributed by atoms with Crippen LogP contribution in [0, 0.1) is 23.1 Å². The number of amides is 1. The van der Waals surface area contributed by atoms with Crippen LogP contribution in [0.25, 0.3) is 0 Å². The minimum atomic E-state index is -3.71. The molecule has 0 unspecified atom stereocenters. The number of carbonyl (C=O) groups is 1. The van der Waals surface area contributed by atoms with Crippen molar-refractivity contribution in [3.05, 3.63) is 83.7 Å². The Balaban J connectivity index is 1.46. The molecule has 1 aromatic heterocycles. The summed E-state index contributed by atoms with van der Waals surface area (Å²) in [7, 11) is -1.91. The van der Waals surface area contributed by atoms with Crippen molar-refractivity contribution in [2.24, 2.45) is 13.0 Å². The summed E-state index contributed by atoms with van der Waals surface area (Å²) in [5.41, 5.74) is 0.957. The zero-order valence-corrected chi connectivity index (χ0v) is 19.4. The molecule has 1 saturated heterocycles. The van der Waals surface area contributed by atoms with Crippen molar-refractivity contribution < 1.29 is 17.6 Å². The van der Waals surface area contributed by atoms with Crippen molar-refractivity contribution in [2.75, 3.05) is 13.1 Å². The first-order valence-corrected chi connectivity index (χ1v) is 12.3. The molecule has 2 aromatic carbocycles. The van der Waals surface area contributed by atoms with Crippen LogP contribution in [0.4, 0.5) is 4.39 Å². The maximum absolute atomic E-state index is 13.9. The highest BCUT2D eigenvalue weighted by molar-refractivity contribution is 7.89. The summed E-state index contributed by atoms with van der Waals surface area (Å²) in [6.07, 6.45) is 4.08. The van der Waals surface area contributed by atoms with Crippen LogP contribution < -0.4 is 5.32 Å². The van der Waals surface area contributed by atoms with Crippen molar-refractivity contribution in [1.82, 2.24) is 19.2 Å². The second-order valence-corrected chi connectivity index (χ2v) is 10.1. The molecule has 3 aromatic rings. The van der Waals surface area contributed by atoms with Crippen LogP contribution in [-0.2, 0) is 21.9 Å². The minimum absolute atomic E-state index is 0.121. The van der Waals surface area contributed by atoms with Gasteiger partial charge in [-0.15, -0.1) is 0 Å². The van der Waals surface area contributed by atoms with Crippen LogP contribution in [0.2, 0.25) is 0 Å². The Kier molecular flexibility index (Phi) is 6.77. The molecule has 0 bridgehead atoms. The van der Waals surface area contributed by atoms with E-state index in [0.717, 1.165) is 0 Å². The molecular formula is C24H24FN5O3S. The number of benzene rings is 2. The van der Waals surface area contributed by atoms with Crippen molar-refractivity contribution in [3.63, 3.8) is 0 Å². The number of nitrogens with one attached hydrogen (secondary N) is 1. The smallest absolute Gasteiger partial charge is 0.243 e. The molecule has 34 heavy (non-hydrogen) atoms. The number of aryl methyl sites for hydroxylation is 1. The summed E-state index contributed by atoms with van der Waals surface area (Å²) in [5, 5.41) is 11.9. The molecule has 0 aliphatic carbocycles. The van der Waals surface area contributed by atoms with E-state index in [0.29, 0.717) is 29.8 Å². The van der Waals surface area contributed by atoms with Gasteiger partial charge in [-0.05, 0) is 54.8 Å². The zero-order valence-electron chi connectivity index (χ0n) is 18.6. The Morgan fingerprint density at radius 3 is 2.50 bits per heavy atom. The van der Waals surface area contributed by atoms with Gasteiger partial charge in [0.2, 0.25) is 15.9 Å². The SMILES string of the molecule is Cn1ccnc1[C@@H](NC(=O)C1CCN(S(=O)(=O)c2ccc(C#N)cc2)CC1)c1cccc(F)c1. The third-order valence-corrected chi connectivity index (χ3v) is 7.94. The lowest BCUT2D eigenvalue weighted by Gasteiger charge is -2.31. The highest BCUT2D eigenvalue weighted by atomic mass is 32.2. The van der Waals surface area contributed by atoms with Gasteiger partial charge < -0.3 is 9.88 Å². The van der Waals surface area contributed by atoms with Gasteiger partial charge in [-0.1, -0.05) is 12.1 Å². The van der Waals surface area contributed by atoms with Gasteiger partial charge in [-0.2, -0.15) is 9.57 Å². The summed E-state index contributed by atoms with van der Waals surface area (Å²) >= 11 is 0. The van der Waals surface area contributed by atoms with Gasteiger partial charge in [-0.3, -0.25) is 4.79 Å². The number of piperidine rings is 1. The molecule has 4 rings (SSSR count). The van der Waals surface area contributed by atoms with Gasteiger partial charge in [0.15, 0.2) is 0 Å². The fourth-order valence-electron chi connectivity index (χ4n) is 4.11. The van der Waals surface area contributed by atoms with E-state index in [1.165, 1.54) is 40.7 Å². The van der Waals surface area contributed by atoms with E-state index in [4.69, 9.17) is 5.26 Å². The number of halogens is 1. The highest BCUT2D eigenvalue weighted by Gasteiger charge is 2.33. The third-order valence-electron chi connectivity index (χ3n) is 6.03. The van der Waals surface area contributed by atoms with Crippen molar-refractivity contribution >= 4 is 15.9 Å². The predicted octanol–water partition coefficient (Wildman–Crippen LogP) is 2.74. The number of aromatic nitrogens is 2. The van der Waals surface area contributed by atoms with E-state index in [-0.39, 0.29) is 29.8 Å². The minimum Gasteiger partial charge on any atom is -0.342 e. The third kappa shape index (κ3) is 4.85. The molecule has 1 amide bonds. The molecule has 1 atom stereocenters. The number of nitriles is 1. The van der Waals surface area contributed by atoms with Crippen LogP contribution in [0.1, 0.15) is 35.8 Å². The maximum Gasteiger partial charge on any atom is 0.243 e. The van der Waals surface area contributed by atoms with Crippen LogP contribution >= 0.6 is 0 Å². The molecule has 10 heteroatoms. The molecule has 176 valence electrons. The van der Waals surface area contributed by atoms with Crippen molar-refractivity contribution in [1.29, 1.82) is 5.26 Å². The van der Waals surface area contributed by atoms with E-state index < -0.39 is 21.9 Å². The zero-order chi connectivity index (χ0) is 24.3. The molecule has 2 heterocycles. The quantitative estimate of drug-likeness (QED) is 0.583. The number of hydrogen-bond acceptors (Lipinski definition) is 5. The Morgan fingerprint density at radius 2 is 1.91 bits per heavy atom. The Labute approximate surface area is 197 Å². The average molecular weight is 482 g/mol. The lowest BCUT2D eigenvalue weighted by molar-refractivity contribution is -0.126. The van der Waals surface area contributed by atoms with Crippen molar-refractivity contribution in [2.45, 2.75) is 23.8 Å². The van der Waals surface area contributed by atoms with E-state index >= 15 is 0 Å². The molecule has 1 fully saturated rings. The predicted molar refractivity (Wildman–Crippen MR) is 122 cm³/mol. The molecule has 1 aliphatic rings. The molecule has 0 saturated carbocycles. The van der Waals surface area contributed by atoms with Gasteiger partial charge in [0.1, 0.15) is 17.7 Å². The number of imidazole rings is 1. The molecule has 1 N–H and O–H groups in total. The van der Waals surface area contributed by atoms with Gasteiger partial charge in [0.25, 0.3) is 0 Å². The van der Waals surface area contributed by atoms with E-state index in [9.17, 15) is 17.6 Å². The van der Waals surface area contributed by atoms with E-state index in [2.05, 4.69) is 10.3 Å². The van der Waals surface area contributed by atoms with Gasteiger partial charge in [0.05, 0.1) is 16.5 Å². The van der Waals surface area contributed by atoms with E-state index in [1.807, 2.05) is 6.07 Å². The first-order chi connectivity index (χ1) is 16.3. The van der Waals surface area contributed by atoms with Crippen LogP contribution in [0.5, 0.6) is 0 Å². The normalized spacial score (nSPS) is 16.0.